The van der Waals surface area contributed by atoms with Gasteiger partial charge in [-0.2, -0.15) is 0 Å². The molecule has 2 aliphatic rings. The lowest BCUT2D eigenvalue weighted by Crippen LogP contribution is -2.58. The van der Waals surface area contributed by atoms with Gasteiger partial charge in [-0.05, 0) is 32.9 Å². The molecule has 1 unspecified atom stereocenters. The number of morpholine rings is 1. The van der Waals surface area contributed by atoms with Crippen LogP contribution in [0.3, 0.4) is 0 Å². The van der Waals surface area contributed by atoms with E-state index in [1.807, 2.05) is 18.7 Å². The molecule has 4 rings (SSSR count). The first-order chi connectivity index (χ1) is 17.6. The molecule has 2 aromatic rings. The second-order valence-corrected chi connectivity index (χ2v) is 10.4. The van der Waals surface area contributed by atoms with Crippen LogP contribution in [0.5, 0.6) is 0 Å². The van der Waals surface area contributed by atoms with Gasteiger partial charge in [-0.15, -0.1) is 11.3 Å². The van der Waals surface area contributed by atoms with Crippen LogP contribution < -0.4 is 5.32 Å². The first-order valence-electron chi connectivity index (χ1n) is 11.7. The number of esters is 2. The standard InChI is InChI=1S/C25H28ClFN4O5S/c1-5-35-24(33)19-17(11-31-13-25(2,3)36-12-18(31)23(32)34-4)29-21(22-28-8-9-37-22)30-20(19)15-7-6-14(27)10-16(15)26/h6-10,18,20H,5,11-13H2,1-4H3,(H,29,30)/t18-,20?/m0/s1. The van der Waals surface area contributed by atoms with Gasteiger partial charge < -0.3 is 19.5 Å². The van der Waals surface area contributed by atoms with Gasteiger partial charge in [0, 0.05) is 40.9 Å². The van der Waals surface area contributed by atoms with Crippen LogP contribution >= 0.6 is 22.9 Å². The average Bonchev–Trinajstić information content (AvgIpc) is 3.38. The van der Waals surface area contributed by atoms with Crippen molar-refractivity contribution in [1.29, 1.82) is 0 Å². The van der Waals surface area contributed by atoms with Crippen molar-refractivity contribution in [2.24, 2.45) is 4.99 Å². The first-order valence-corrected chi connectivity index (χ1v) is 12.9. The van der Waals surface area contributed by atoms with E-state index in [9.17, 15) is 14.0 Å². The molecule has 0 spiro atoms. The van der Waals surface area contributed by atoms with Crippen molar-refractivity contribution in [3.63, 3.8) is 0 Å². The topological polar surface area (TPSA) is 102 Å². The largest absolute Gasteiger partial charge is 0.468 e. The SMILES string of the molecule is CCOC(=O)C1=C(CN2CC(C)(C)OC[C@H]2C(=O)OC)NC(c2nccs2)=NC1c1ccc(F)cc1Cl. The maximum absolute atomic E-state index is 13.9. The van der Waals surface area contributed by atoms with E-state index in [1.165, 1.54) is 36.6 Å². The smallest absolute Gasteiger partial charge is 0.338 e. The van der Waals surface area contributed by atoms with E-state index in [4.69, 9.17) is 30.8 Å². The Morgan fingerprint density at radius 3 is 2.81 bits per heavy atom. The van der Waals surface area contributed by atoms with E-state index in [2.05, 4.69) is 10.3 Å². The van der Waals surface area contributed by atoms with Crippen LogP contribution in [0, 0.1) is 5.82 Å². The minimum atomic E-state index is -0.895. The number of aliphatic imine (C=N–C) groups is 1. The Kier molecular flexibility index (Phi) is 8.27. The number of halogens is 2. The Labute approximate surface area is 223 Å². The third-order valence-corrected chi connectivity index (χ3v) is 7.11. The average molecular weight is 551 g/mol. The van der Waals surface area contributed by atoms with Crippen LogP contribution in [-0.4, -0.2) is 72.7 Å². The molecule has 198 valence electrons. The Morgan fingerprint density at radius 1 is 1.38 bits per heavy atom. The number of hydrogen-bond acceptors (Lipinski definition) is 10. The van der Waals surface area contributed by atoms with E-state index >= 15 is 0 Å². The number of hydrogen-bond donors (Lipinski definition) is 1. The number of carbonyl (C=O) groups is 2. The molecule has 1 fully saturated rings. The molecule has 3 heterocycles. The molecule has 0 radical (unpaired) electrons. The molecule has 2 atom stereocenters. The second-order valence-electron chi connectivity index (χ2n) is 9.14. The number of aromatic nitrogens is 1. The van der Waals surface area contributed by atoms with Gasteiger partial charge in [0.1, 0.15) is 17.9 Å². The fraction of sp³-hybridized carbons (Fsp3) is 0.440. The minimum absolute atomic E-state index is 0.121. The summed E-state index contributed by atoms with van der Waals surface area (Å²) in [5.74, 6) is -1.13. The highest BCUT2D eigenvalue weighted by atomic mass is 35.5. The first kappa shape index (κ1) is 27.2. The summed E-state index contributed by atoms with van der Waals surface area (Å²) in [6, 6.07) is 2.36. The molecule has 12 heteroatoms. The zero-order valence-corrected chi connectivity index (χ0v) is 22.5. The van der Waals surface area contributed by atoms with Crippen LogP contribution in [0.4, 0.5) is 4.39 Å². The number of methoxy groups -OCH3 is 1. The zero-order valence-electron chi connectivity index (χ0n) is 20.9. The maximum Gasteiger partial charge on any atom is 0.338 e. The predicted molar refractivity (Wildman–Crippen MR) is 137 cm³/mol. The molecule has 2 aliphatic heterocycles. The molecule has 1 aromatic heterocycles. The maximum atomic E-state index is 13.9. The summed E-state index contributed by atoms with van der Waals surface area (Å²) >= 11 is 7.80. The van der Waals surface area contributed by atoms with Crippen molar-refractivity contribution in [3.8, 4) is 0 Å². The van der Waals surface area contributed by atoms with Crippen molar-refractivity contribution in [1.82, 2.24) is 15.2 Å². The molecule has 0 saturated carbocycles. The molecule has 9 nitrogen and oxygen atoms in total. The lowest BCUT2D eigenvalue weighted by molar-refractivity contribution is -0.164. The summed E-state index contributed by atoms with van der Waals surface area (Å²) in [7, 11) is 1.32. The molecular formula is C25H28ClFN4O5S. The molecule has 0 amide bonds. The molecule has 37 heavy (non-hydrogen) atoms. The van der Waals surface area contributed by atoms with E-state index in [0.29, 0.717) is 28.6 Å². The zero-order chi connectivity index (χ0) is 26.7. The van der Waals surface area contributed by atoms with Crippen molar-refractivity contribution >= 4 is 40.7 Å². The van der Waals surface area contributed by atoms with Crippen LogP contribution in [0.2, 0.25) is 5.02 Å². The molecular weight excluding hydrogens is 523 g/mol. The number of nitrogens with one attached hydrogen (secondary N) is 1. The van der Waals surface area contributed by atoms with Gasteiger partial charge >= 0.3 is 11.9 Å². The normalized spacial score (nSPS) is 21.7. The van der Waals surface area contributed by atoms with E-state index in [0.717, 1.165) is 0 Å². The van der Waals surface area contributed by atoms with Crippen LogP contribution in [0.1, 0.15) is 37.4 Å². The molecule has 0 aliphatic carbocycles. The van der Waals surface area contributed by atoms with Crippen molar-refractivity contribution in [2.75, 3.05) is 33.4 Å². The lowest BCUT2D eigenvalue weighted by atomic mass is 9.94. The van der Waals surface area contributed by atoms with Crippen LogP contribution in [0.25, 0.3) is 0 Å². The second kappa shape index (κ2) is 11.3. The third-order valence-electron chi connectivity index (χ3n) is 6.00. The van der Waals surface area contributed by atoms with Crippen molar-refractivity contribution in [3.05, 3.63) is 62.5 Å². The molecule has 1 saturated heterocycles. The summed E-state index contributed by atoms with van der Waals surface area (Å²) in [6.07, 6.45) is 1.64. The fourth-order valence-corrected chi connectivity index (χ4v) is 5.20. The summed E-state index contributed by atoms with van der Waals surface area (Å²) < 4.78 is 30.2. The highest BCUT2D eigenvalue weighted by Gasteiger charge is 2.41. The van der Waals surface area contributed by atoms with Crippen LogP contribution in [-0.2, 0) is 23.8 Å². The fourth-order valence-electron chi connectivity index (χ4n) is 4.34. The highest BCUT2D eigenvalue weighted by molar-refractivity contribution is 7.11. The third kappa shape index (κ3) is 6.01. The van der Waals surface area contributed by atoms with Gasteiger partial charge in [-0.25, -0.2) is 14.2 Å². The molecule has 1 N–H and O–H groups in total. The Balaban J connectivity index is 1.85. The summed E-state index contributed by atoms with van der Waals surface area (Å²) in [6.45, 7) is 6.36. The number of ether oxygens (including phenoxy) is 3. The molecule has 1 aromatic carbocycles. The van der Waals surface area contributed by atoms with Gasteiger partial charge in [0.15, 0.2) is 10.8 Å². The van der Waals surface area contributed by atoms with Crippen molar-refractivity contribution in [2.45, 2.75) is 38.5 Å². The van der Waals surface area contributed by atoms with Gasteiger partial charge in [0.25, 0.3) is 0 Å². The molecule has 0 bridgehead atoms. The van der Waals surface area contributed by atoms with E-state index < -0.39 is 35.4 Å². The van der Waals surface area contributed by atoms with E-state index in [1.54, 1.807) is 18.5 Å². The Hall–Kier alpha value is -2.86. The predicted octanol–water partition coefficient (Wildman–Crippen LogP) is 3.50. The Bertz CT molecular complexity index is 1230. The monoisotopic (exact) mass is 550 g/mol. The highest BCUT2D eigenvalue weighted by Crippen LogP contribution is 2.37. The van der Waals surface area contributed by atoms with Gasteiger partial charge in [-0.1, -0.05) is 17.7 Å². The number of amidine groups is 1. The Morgan fingerprint density at radius 2 is 2.16 bits per heavy atom. The number of carbonyl (C=O) groups excluding carboxylic acids is 2. The summed E-state index contributed by atoms with van der Waals surface area (Å²) in [5, 5.41) is 5.77. The van der Waals surface area contributed by atoms with Gasteiger partial charge in [0.2, 0.25) is 0 Å². The number of thiazole rings is 1. The summed E-state index contributed by atoms with van der Waals surface area (Å²) in [4.78, 5) is 37.0. The van der Waals surface area contributed by atoms with Crippen LogP contribution in [0.15, 0.2) is 46.0 Å². The van der Waals surface area contributed by atoms with Gasteiger partial charge in [0.05, 0.1) is 31.5 Å². The quantitative estimate of drug-likeness (QED) is 0.523. The number of rotatable bonds is 7. The lowest BCUT2D eigenvalue weighted by Gasteiger charge is -2.43. The number of nitrogens with zero attached hydrogens (tertiary/aromatic N) is 3. The van der Waals surface area contributed by atoms with Gasteiger partial charge in [-0.3, -0.25) is 14.7 Å². The summed E-state index contributed by atoms with van der Waals surface area (Å²) in [5.41, 5.74) is 0.570. The van der Waals surface area contributed by atoms with E-state index in [-0.39, 0.29) is 30.4 Å². The number of benzene rings is 1. The minimum Gasteiger partial charge on any atom is -0.468 e. The van der Waals surface area contributed by atoms with Crippen molar-refractivity contribution < 1.29 is 28.2 Å².